The van der Waals surface area contributed by atoms with Gasteiger partial charge in [0.1, 0.15) is 5.82 Å². The molecule has 0 fully saturated rings. The number of rotatable bonds is 5. The summed E-state index contributed by atoms with van der Waals surface area (Å²) in [5, 5.41) is 20.1. The molecule has 4 nitrogen and oxygen atoms in total. The van der Waals surface area contributed by atoms with Crippen molar-refractivity contribution in [2.45, 2.75) is 25.9 Å². The number of halogens is 2. The van der Waals surface area contributed by atoms with Crippen LogP contribution in [0.1, 0.15) is 52.1 Å². The standard InChI is InChI=1S/C18H16ClFO4/c1-3-18(2,24)14-12(17(22)23)8-9-13(15(14)20)16(21)10-4-6-11(19)7-5-10/h4-9,24H,3H2,1-2H3,(H,22,23). The van der Waals surface area contributed by atoms with E-state index < -0.39 is 28.7 Å². The number of carbonyl (C=O) groups is 2. The second kappa shape index (κ2) is 6.71. The van der Waals surface area contributed by atoms with E-state index >= 15 is 0 Å². The lowest BCUT2D eigenvalue weighted by molar-refractivity contribution is 0.0447. The van der Waals surface area contributed by atoms with E-state index in [1.54, 1.807) is 6.92 Å². The number of carbonyl (C=O) groups excluding carboxylic acids is 1. The van der Waals surface area contributed by atoms with Crippen molar-refractivity contribution in [2.24, 2.45) is 0 Å². The fraction of sp³-hybridized carbons (Fsp3) is 0.222. The maximum absolute atomic E-state index is 14.9. The number of carboxylic acid groups (broad SMARTS) is 1. The monoisotopic (exact) mass is 350 g/mol. The van der Waals surface area contributed by atoms with Crippen molar-refractivity contribution in [3.63, 3.8) is 0 Å². The predicted molar refractivity (Wildman–Crippen MR) is 88.1 cm³/mol. The lowest BCUT2D eigenvalue weighted by atomic mass is 9.86. The first-order valence-corrected chi connectivity index (χ1v) is 7.65. The summed E-state index contributed by atoms with van der Waals surface area (Å²) in [6, 6.07) is 8.15. The van der Waals surface area contributed by atoms with Gasteiger partial charge in [-0.25, -0.2) is 9.18 Å². The second-order valence-electron chi connectivity index (χ2n) is 5.62. The molecule has 0 aliphatic rings. The molecule has 0 aliphatic carbocycles. The van der Waals surface area contributed by atoms with Gasteiger partial charge in [-0.2, -0.15) is 0 Å². The first kappa shape index (κ1) is 18.1. The Morgan fingerprint density at radius 3 is 2.17 bits per heavy atom. The van der Waals surface area contributed by atoms with Crippen molar-refractivity contribution >= 4 is 23.4 Å². The fourth-order valence-corrected chi connectivity index (χ4v) is 2.52. The van der Waals surface area contributed by atoms with Crippen LogP contribution in [0.3, 0.4) is 0 Å². The number of hydrogen-bond acceptors (Lipinski definition) is 3. The number of carboxylic acids is 1. The Morgan fingerprint density at radius 2 is 1.67 bits per heavy atom. The molecule has 0 aliphatic heterocycles. The zero-order valence-electron chi connectivity index (χ0n) is 13.1. The summed E-state index contributed by atoms with van der Waals surface area (Å²) in [5.74, 6) is -3.01. The fourth-order valence-electron chi connectivity index (χ4n) is 2.39. The molecule has 0 saturated heterocycles. The maximum atomic E-state index is 14.9. The van der Waals surface area contributed by atoms with Gasteiger partial charge in [0.15, 0.2) is 5.78 Å². The minimum absolute atomic E-state index is 0.0861. The molecule has 0 radical (unpaired) electrons. The van der Waals surface area contributed by atoms with Crippen LogP contribution in [0.4, 0.5) is 4.39 Å². The largest absolute Gasteiger partial charge is 0.478 e. The van der Waals surface area contributed by atoms with Gasteiger partial charge in [-0.1, -0.05) is 18.5 Å². The molecular weight excluding hydrogens is 335 g/mol. The van der Waals surface area contributed by atoms with E-state index in [9.17, 15) is 24.2 Å². The Hall–Kier alpha value is -2.24. The van der Waals surface area contributed by atoms with Crippen LogP contribution in [0.25, 0.3) is 0 Å². The Balaban J connectivity index is 2.65. The maximum Gasteiger partial charge on any atom is 0.336 e. The van der Waals surface area contributed by atoms with E-state index in [0.717, 1.165) is 12.1 Å². The lowest BCUT2D eigenvalue weighted by Crippen LogP contribution is -2.26. The summed E-state index contributed by atoms with van der Waals surface area (Å²) < 4.78 is 14.9. The number of ketones is 1. The zero-order valence-corrected chi connectivity index (χ0v) is 13.9. The minimum atomic E-state index is -1.71. The molecule has 0 aromatic heterocycles. The smallest absolute Gasteiger partial charge is 0.336 e. The van der Waals surface area contributed by atoms with Gasteiger partial charge in [0, 0.05) is 16.1 Å². The lowest BCUT2D eigenvalue weighted by Gasteiger charge is -2.25. The van der Waals surface area contributed by atoms with Crippen LogP contribution in [-0.2, 0) is 5.60 Å². The normalized spacial score (nSPS) is 13.4. The number of aromatic carboxylic acids is 1. The topological polar surface area (TPSA) is 74.6 Å². The molecule has 2 N–H and O–H groups in total. The molecule has 2 aromatic rings. The number of hydrogen-bond donors (Lipinski definition) is 2. The summed E-state index contributed by atoms with van der Waals surface area (Å²) in [6.07, 6.45) is 0.0861. The highest BCUT2D eigenvalue weighted by Gasteiger charge is 2.33. The molecule has 0 bridgehead atoms. The van der Waals surface area contributed by atoms with Crippen LogP contribution < -0.4 is 0 Å². The Morgan fingerprint density at radius 1 is 1.12 bits per heavy atom. The van der Waals surface area contributed by atoms with E-state index in [4.69, 9.17) is 11.6 Å². The van der Waals surface area contributed by atoms with Crippen LogP contribution >= 0.6 is 11.6 Å². The van der Waals surface area contributed by atoms with Gasteiger partial charge >= 0.3 is 5.97 Å². The van der Waals surface area contributed by atoms with Gasteiger partial charge in [-0.3, -0.25) is 4.79 Å². The van der Waals surface area contributed by atoms with Crippen molar-refractivity contribution in [1.29, 1.82) is 0 Å². The molecule has 1 atom stereocenters. The van der Waals surface area contributed by atoms with Gasteiger partial charge < -0.3 is 10.2 Å². The van der Waals surface area contributed by atoms with Crippen LogP contribution in [-0.4, -0.2) is 22.0 Å². The SMILES string of the molecule is CCC(C)(O)c1c(C(=O)O)ccc(C(=O)c2ccc(Cl)cc2)c1F. The first-order valence-electron chi connectivity index (χ1n) is 7.28. The Bertz CT molecular complexity index is 797. The summed E-state index contributed by atoms with van der Waals surface area (Å²) in [7, 11) is 0. The quantitative estimate of drug-likeness (QED) is 0.798. The van der Waals surface area contributed by atoms with Crippen LogP contribution in [0.15, 0.2) is 36.4 Å². The molecule has 0 amide bonds. The van der Waals surface area contributed by atoms with Crippen molar-refractivity contribution in [1.82, 2.24) is 0 Å². The van der Waals surface area contributed by atoms with Crippen molar-refractivity contribution < 1.29 is 24.2 Å². The van der Waals surface area contributed by atoms with E-state index in [1.807, 2.05) is 0 Å². The van der Waals surface area contributed by atoms with Gasteiger partial charge in [0.25, 0.3) is 0 Å². The predicted octanol–water partition coefficient (Wildman–Crippen LogP) is 4.03. The molecule has 24 heavy (non-hydrogen) atoms. The van der Waals surface area contributed by atoms with Gasteiger partial charge in [-0.05, 0) is 49.7 Å². The molecule has 2 rings (SSSR count). The van der Waals surface area contributed by atoms with E-state index in [1.165, 1.54) is 31.2 Å². The molecule has 6 heteroatoms. The minimum Gasteiger partial charge on any atom is -0.478 e. The molecule has 2 aromatic carbocycles. The summed E-state index contributed by atoms with van der Waals surface area (Å²) in [4.78, 5) is 23.9. The van der Waals surface area contributed by atoms with Gasteiger partial charge in [0.05, 0.1) is 16.7 Å². The summed E-state index contributed by atoms with van der Waals surface area (Å²) >= 11 is 5.77. The average Bonchev–Trinajstić information content (AvgIpc) is 2.54. The van der Waals surface area contributed by atoms with Crippen molar-refractivity contribution in [2.75, 3.05) is 0 Å². The van der Waals surface area contributed by atoms with Crippen LogP contribution in [0.5, 0.6) is 0 Å². The third-order valence-electron chi connectivity index (χ3n) is 3.95. The highest BCUT2D eigenvalue weighted by atomic mass is 35.5. The molecule has 0 spiro atoms. The molecule has 0 saturated carbocycles. The second-order valence-corrected chi connectivity index (χ2v) is 6.05. The van der Waals surface area contributed by atoms with Crippen molar-refractivity contribution in [3.05, 3.63) is 69.5 Å². The molecular formula is C18H16ClFO4. The Labute approximate surface area is 143 Å². The van der Waals surface area contributed by atoms with E-state index in [-0.39, 0.29) is 23.1 Å². The van der Waals surface area contributed by atoms with Gasteiger partial charge in [-0.15, -0.1) is 0 Å². The Kier molecular flexibility index (Phi) is 5.06. The van der Waals surface area contributed by atoms with E-state index in [0.29, 0.717) is 5.02 Å². The molecule has 126 valence electrons. The van der Waals surface area contributed by atoms with E-state index in [2.05, 4.69) is 0 Å². The van der Waals surface area contributed by atoms with Crippen molar-refractivity contribution in [3.8, 4) is 0 Å². The number of benzene rings is 2. The molecule has 1 unspecified atom stereocenters. The average molecular weight is 351 g/mol. The highest BCUT2D eigenvalue weighted by molar-refractivity contribution is 6.30. The third-order valence-corrected chi connectivity index (χ3v) is 4.20. The molecule has 0 heterocycles. The van der Waals surface area contributed by atoms with Crippen LogP contribution in [0.2, 0.25) is 5.02 Å². The van der Waals surface area contributed by atoms with Gasteiger partial charge in [0.2, 0.25) is 0 Å². The van der Waals surface area contributed by atoms with Crippen LogP contribution in [0, 0.1) is 5.82 Å². The third kappa shape index (κ3) is 3.32. The highest BCUT2D eigenvalue weighted by Crippen LogP contribution is 2.32. The summed E-state index contributed by atoms with van der Waals surface area (Å²) in [5.41, 5.74) is -2.56. The summed E-state index contributed by atoms with van der Waals surface area (Å²) in [6.45, 7) is 2.91. The number of aliphatic hydroxyl groups is 1. The first-order chi connectivity index (χ1) is 11.2. The zero-order chi connectivity index (χ0) is 18.1.